The Morgan fingerprint density at radius 2 is 1.83 bits per heavy atom. The summed E-state index contributed by atoms with van der Waals surface area (Å²) in [7, 11) is 1.48. The summed E-state index contributed by atoms with van der Waals surface area (Å²) in [5.74, 6) is 0.375. The number of aliphatic hydroxyl groups is 1. The minimum atomic E-state index is -1.03. The van der Waals surface area contributed by atoms with Crippen LogP contribution in [0.1, 0.15) is 52.9 Å². The molecule has 1 fully saturated rings. The Balaban J connectivity index is 2.61. The molecule has 0 saturated heterocycles. The fourth-order valence-electron chi connectivity index (χ4n) is 2.84. The lowest BCUT2D eigenvalue weighted by Gasteiger charge is -2.31. The second-order valence-corrected chi connectivity index (χ2v) is 7.42. The monoisotopic (exact) mass is 330 g/mol. The van der Waals surface area contributed by atoms with Crippen LogP contribution in [0.15, 0.2) is 0 Å². The minimum Gasteiger partial charge on any atom is -0.465 e. The van der Waals surface area contributed by atoms with Gasteiger partial charge in [0, 0.05) is 13.6 Å². The highest BCUT2D eigenvalue weighted by Crippen LogP contribution is 2.28. The van der Waals surface area contributed by atoms with E-state index in [1.165, 1.54) is 11.9 Å². The smallest absolute Gasteiger partial charge is 0.407 e. The first-order valence-corrected chi connectivity index (χ1v) is 8.18. The number of nitrogens with one attached hydrogen (secondary N) is 1. The van der Waals surface area contributed by atoms with Crippen molar-refractivity contribution in [2.75, 3.05) is 13.6 Å². The van der Waals surface area contributed by atoms with Gasteiger partial charge in [0.2, 0.25) is 0 Å². The summed E-state index contributed by atoms with van der Waals surface area (Å²) >= 11 is 0. The molecule has 0 heterocycles. The third kappa shape index (κ3) is 8.06. The van der Waals surface area contributed by atoms with Crippen LogP contribution >= 0.6 is 0 Å². The maximum Gasteiger partial charge on any atom is 0.407 e. The summed E-state index contributed by atoms with van der Waals surface area (Å²) in [5.41, 5.74) is -0.595. The van der Waals surface area contributed by atoms with Crippen LogP contribution in [0, 0.1) is 5.92 Å². The molecule has 7 nitrogen and oxygen atoms in total. The fourth-order valence-corrected chi connectivity index (χ4v) is 2.84. The maximum absolute atomic E-state index is 12.0. The highest BCUT2D eigenvalue weighted by atomic mass is 16.6. The van der Waals surface area contributed by atoms with E-state index in [0.29, 0.717) is 12.3 Å². The number of ether oxygens (including phenoxy) is 1. The summed E-state index contributed by atoms with van der Waals surface area (Å²) in [6.45, 7) is 5.57. The standard InChI is InChI=1S/C16H30N2O5/c1-16(2,3)23-14(20)17-12(10-18(4)15(21)22)9-11-5-7-13(19)8-6-11/h11-13,19H,5-10H2,1-4H3,(H,17,20)(H,21,22)/t11?,12-,13?/m1/s1. The molecule has 134 valence electrons. The molecule has 1 aliphatic rings. The van der Waals surface area contributed by atoms with Gasteiger partial charge in [-0.15, -0.1) is 0 Å². The summed E-state index contributed by atoms with van der Waals surface area (Å²) in [6.07, 6.45) is 2.21. The Morgan fingerprint density at radius 3 is 2.30 bits per heavy atom. The Kier molecular flexibility index (Phi) is 7.12. The van der Waals surface area contributed by atoms with Crippen molar-refractivity contribution in [1.82, 2.24) is 10.2 Å². The predicted octanol–water partition coefficient (Wildman–Crippen LogP) is 2.43. The number of hydrogen-bond donors (Lipinski definition) is 3. The molecule has 0 spiro atoms. The van der Waals surface area contributed by atoms with Gasteiger partial charge >= 0.3 is 12.2 Å². The second-order valence-electron chi connectivity index (χ2n) is 7.42. The molecule has 23 heavy (non-hydrogen) atoms. The first kappa shape index (κ1) is 19.5. The van der Waals surface area contributed by atoms with Gasteiger partial charge in [0.1, 0.15) is 5.60 Å². The van der Waals surface area contributed by atoms with Crippen LogP contribution in [0.25, 0.3) is 0 Å². The zero-order valence-electron chi connectivity index (χ0n) is 14.5. The molecule has 1 aliphatic carbocycles. The van der Waals surface area contributed by atoms with E-state index >= 15 is 0 Å². The maximum atomic E-state index is 12.0. The van der Waals surface area contributed by atoms with Gasteiger partial charge in [0.05, 0.1) is 12.1 Å². The first-order valence-electron chi connectivity index (χ1n) is 8.18. The Labute approximate surface area is 138 Å². The highest BCUT2D eigenvalue weighted by molar-refractivity contribution is 5.68. The molecule has 0 radical (unpaired) electrons. The third-order valence-electron chi connectivity index (χ3n) is 3.98. The fraction of sp³-hybridized carbons (Fsp3) is 0.875. The zero-order valence-corrected chi connectivity index (χ0v) is 14.5. The molecule has 0 aliphatic heterocycles. The molecule has 0 aromatic rings. The molecule has 0 bridgehead atoms. The third-order valence-corrected chi connectivity index (χ3v) is 3.98. The van der Waals surface area contributed by atoms with Gasteiger partial charge in [-0.25, -0.2) is 9.59 Å². The summed E-state index contributed by atoms with van der Waals surface area (Å²) in [5, 5.41) is 21.4. The van der Waals surface area contributed by atoms with Crippen molar-refractivity contribution in [3.8, 4) is 0 Å². The van der Waals surface area contributed by atoms with Crippen LogP contribution in [0.5, 0.6) is 0 Å². The van der Waals surface area contributed by atoms with Gasteiger partial charge in [0.15, 0.2) is 0 Å². The summed E-state index contributed by atoms with van der Waals surface area (Å²) < 4.78 is 5.26. The molecule has 1 rings (SSSR count). The van der Waals surface area contributed by atoms with E-state index in [1.54, 1.807) is 20.8 Å². The number of alkyl carbamates (subject to hydrolysis) is 1. The van der Waals surface area contributed by atoms with Crippen molar-refractivity contribution in [3.05, 3.63) is 0 Å². The topological polar surface area (TPSA) is 99.1 Å². The minimum absolute atomic E-state index is 0.216. The van der Waals surface area contributed by atoms with Crippen LogP contribution in [-0.2, 0) is 4.74 Å². The zero-order chi connectivity index (χ0) is 17.6. The van der Waals surface area contributed by atoms with E-state index in [-0.39, 0.29) is 18.7 Å². The van der Waals surface area contributed by atoms with Crippen LogP contribution in [-0.4, -0.2) is 58.6 Å². The largest absolute Gasteiger partial charge is 0.465 e. The van der Waals surface area contributed by atoms with Crippen molar-refractivity contribution in [2.24, 2.45) is 5.92 Å². The van der Waals surface area contributed by atoms with Gasteiger partial charge in [-0.05, 0) is 58.8 Å². The molecular weight excluding hydrogens is 300 g/mol. The number of hydrogen-bond acceptors (Lipinski definition) is 4. The summed E-state index contributed by atoms with van der Waals surface area (Å²) in [6, 6.07) is -0.300. The van der Waals surface area contributed by atoms with Crippen molar-refractivity contribution < 1.29 is 24.5 Å². The van der Waals surface area contributed by atoms with Crippen LogP contribution in [0.4, 0.5) is 9.59 Å². The predicted molar refractivity (Wildman–Crippen MR) is 86.4 cm³/mol. The number of carbonyl (C=O) groups is 2. The molecule has 0 aromatic heterocycles. The van der Waals surface area contributed by atoms with Crippen LogP contribution < -0.4 is 5.32 Å². The van der Waals surface area contributed by atoms with E-state index in [4.69, 9.17) is 9.84 Å². The number of likely N-dealkylation sites (N-methyl/N-ethyl adjacent to an activating group) is 1. The quantitative estimate of drug-likeness (QED) is 0.719. The molecule has 1 saturated carbocycles. The Morgan fingerprint density at radius 1 is 1.26 bits per heavy atom. The van der Waals surface area contributed by atoms with Gasteiger partial charge in [-0.2, -0.15) is 0 Å². The highest BCUT2D eigenvalue weighted by Gasteiger charge is 2.26. The number of amides is 2. The average molecular weight is 330 g/mol. The molecular formula is C16H30N2O5. The second kappa shape index (κ2) is 8.38. The van der Waals surface area contributed by atoms with Crippen molar-refractivity contribution >= 4 is 12.2 Å². The van der Waals surface area contributed by atoms with Gasteiger partial charge < -0.3 is 25.2 Å². The SMILES string of the molecule is CN(C[C@@H](CC1CCC(O)CC1)NC(=O)OC(C)(C)C)C(=O)O. The Bertz CT molecular complexity index is 400. The molecule has 7 heteroatoms. The van der Waals surface area contributed by atoms with E-state index in [0.717, 1.165) is 25.7 Å². The summed E-state index contributed by atoms with van der Waals surface area (Å²) in [4.78, 5) is 24.2. The van der Waals surface area contributed by atoms with Crippen LogP contribution in [0.2, 0.25) is 0 Å². The lowest BCUT2D eigenvalue weighted by Crippen LogP contribution is -2.47. The molecule has 3 N–H and O–H groups in total. The number of carbonyl (C=O) groups excluding carboxylic acids is 1. The molecule has 0 aromatic carbocycles. The normalized spacial score (nSPS) is 23.0. The number of rotatable bonds is 5. The molecule has 1 atom stereocenters. The van der Waals surface area contributed by atoms with Gasteiger partial charge in [-0.1, -0.05) is 0 Å². The van der Waals surface area contributed by atoms with E-state index in [2.05, 4.69) is 5.32 Å². The van der Waals surface area contributed by atoms with Gasteiger partial charge in [0.25, 0.3) is 0 Å². The lowest BCUT2D eigenvalue weighted by molar-refractivity contribution is 0.0471. The lowest BCUT2D eigenvalue weighted by atomic mass is 9.83. The molecule has 2 amide bonds. The number of aliphatic hydroxyl groups excluding tert-OH is 1. The van der Waals surface area contributed by atoms with Crippen LogP contribution in [0.3, 0.4) is 0 Å². The number of carboxylic acid groups (broad SMARTS) is 1. The molecule has 0 unspecified atom stereocenters. The number of nitrogens with zero attached hydrogens (tertiary/aromatic N) is 1. The van der Waals surface area contributed by atoms with Crippen molar-refractivity contribution in [1.29, 1.82) is 0 Å². The Hall–Kier alpha value is -1.50. The van der Waals surface area contributed by atoms with E-state index < -0.39 is 17.8 Å². The van der Waals surface area contributed by atoms with E-state index in [9.17, 15) is 14.7 Å². The first-order chi connectivity index (χ1) is 10.6. The van der Waals surface area contributed by atoms with E-state index in [1.807, 2.05) is 0 Å². The average Bonchev–Trinajstić information content (AvgIpc) is 2.38. The van der Waals surface area contributed by atoms with Crippen molar-refractivity contribution in [3.63, 3.8) is 0 Å². The van der Waals surface area contributed by atoms with Crippen molar-refractivity contribution in [2.45, 2.75) is 70.6 Å². The van der Waals surface area contributed by atoms with Gasteiger partial charge in [-0.3, -0.25) is 0 Å².